The Kier molecular flexibility index (Phi) is 4.37. The number of benzene rings is 2. The first-order chi connectivity index (χ1) is 10.0. The van der Waals surface area contributed by atoms with E-state index in [9.17, 15) is 13.5 Å². The van der Waals surface area contributed by atoms with Gasteiger partial charge in [-0.2, -0.15) is 8.42 Å². The van der Waals surface area contributed by atoms with E-state index < -0.39 is 15.9 Å². The quantitative estimate of drug-likeness (QED) is 0.473. The third-order valence-corrected chi connectivity index (χ3v) is 4.23. The molecule has 0 saturated heterocycles. The molecule has 0 fully saturated rings. The summed E-state index contributed by atoms with van der Waals surface area (Å²) in [5, 5.41) is 21.1. The normalized spacial score (nSPS) is 11.4. The molecule has 8 heteroatoms. The maximum Gasteiger partial charge on any atom is 0.378 e. The molecule has 0 unspecified atom stereocenters. The lowest BCUT2D eigenvalue weighted by Gasteiger charge is -2.11. The fraction of sp³-hybridized carbons (Fsp3) is 0.231. The van der Waals surface area contributed by atoms with E-state index >= 15 is 0 Å². The van der Waals surface area contributed by atoms with Gasteiger partial charge in [0, 0.05) is 18.6 Å². The molecule has 0 N–H and O–H groups in total. The molecule has 110 valence electrons. The number of fused-ring (bicyclic) bond motifs is 1. The number of rotatable bonds is 5. The van der Waals surface area contributed by atoms with Crippen molar-refractivity contribution in [2.24, 2.45) is 0 Å². The monoisotopic (exact) mass is 308 g/mol. The predicted molar refractivity (Wildman–Crippen MR) is 73.2 cm³/mol. The summed E-state index contributed by atoms with van der Waals surface area (Å²) in [5.74, 6) is -0.552. The van der Waals surface area contributed by atoms with Crippen molar-refractivity contribution in [2.75, 3.05) is 20.3 Å². The highest BCUT2D eigenvalue weighted by atomic mass is 32.2. The summed E-state index contributed by atoms with van der Waals surface area (Å²) in [6.45, 7) is 0.00779. The number of nitrogens with zero attached hydrogens (tertiary/aromatic N) is 2. The van der Waals surface area contributed by atoms with Crippen LogP contribution in [0, 0.1) is 5.39 Å². The van der Waals surface area contributed by atoms with E-state index in [1.807, 2.05) is 0 Å². The number of hydrogen-bond acceptors (Lipinski definition) is 6. The van der Waals surface area contributed by atoms with Crippen LogP contribution in [0.1, 0.15) is 0 Å². The molecule has 0 spiro atoms. The van der Waals surface area contributed by atoms with Gasteiger partial charge in [-0.05, 0) is 23.3 Å². The molecule has 0 aliphatic rings. The summed E-state index contributed by atoms with van der Waals surface area (Å²) in [6, 6.07) is 6.88. The van der Waals surface area contributed by atoms with Crippen molar-refractivity contribution < 1.29 is 22.4 Å². The van der Waals surface area contributed by atoms with Crippen molar-refractivity contribution in [1.82, 2.24) is 0 Å². The fourth-order valence-electron chi connectivity index (χ4n) is 1.88. The summed E-state index contributed by atoms with van der Waals surface area (Å²) in [6.07, 6.45) is 0. The van der Waals surface area contributed by atoms with Crippen molar-refractivity contribution in [1.29, 1.82) is 5.39 Å². The first-order valence-electron chi connectivity index (χ1n) is 5.97. The van der Waals surface area contributed by atoms with E-state index in [0.29, 0.717) is 0 Å². The molecule has 0 aliphatic heterocycles. The van der Waals surface area contributed by atoms with Gasteiger partial charge in [0.15, 0.2) is 4.98 Å². The number of hydrogen-bond donors (Lipinski definition) is 0. The largest absolute Gasteiger partial charge is 0.867 e. The molecule has 2 aromatic carbocycles. The van der Waals surface area contributed by atoms with E-state index in [-0.39, 0.29) is 34.6 Å². The molecule has 7 nitrogen and oxygen atoms in total. The van der Waals surface area contributed by atoms with Crippen LogP contribution in [0.25, 0.3) is 15.7 Å². The Labute approximate surface area is 121 Å². The average Bonchev–Trinajstić information content (AvgIpc) is 2.47. The Morgan fingerprint density at radius 1 is 1.19 bits per heavy atom. The zero-order chi connectivity index (χ0) is 15.5. The van der Waals surface area contributed by atoms with E-state index in [1.54, 1.807) is 0 Å². The zero-order valence-corrected chi connectivity index (χ0v) is 12.0. The van der Waals surface area contributed by atoms with Crippen LogP contribution in [0.15, 0.2) is 35.2 Å². The Morgan fingerprint density at radius 3 is 2.62 bits per heavy atom. The molecule has 21 heavy (non-hydrogen) atoms. The summed E-state index contributed by atoms with van der Waals surface area (Å²) < 4.78 is 33.8. The molecule has 0 atom stereocenters. The van der Waals surface area contributed by atoms with Crippen molar-refractivity contribution in [3.05, 3.63) is 35.3 Å². The Morgan fingerprint density at radius 2 is 1.95 bits per heavy atom. The third-order valence-electron chi connectivity index (χ3n) is 2.85. The molecule has 2 rings (SSSR count). The molecule has 0 radical (unpaired) electrons. The Balaban J connectivity index is 2.56. The molecule has 0 aromatic heterocycles. The molecule has 2 aromatic rings. The van der Waals surface area contributed by atoms with Crippen molar-refractivity contribution >= 4 is 26.6 Å². The molecule has 0 heterocycles. The first kappa shape index (κ1) is 15.2. The van der Waals surface area contributed by atoms with E-state index in [2.05, 4.69) is 4.98 Å². The lowest BCUT2D eigenvalue weighted by Crippen LogP contribution is -2.11. The predicted octanol–water partition coefficient (Wildman–Crippen LogP) is 1.75. The van der Waals surface area contributed by atoms with Crippen LogP contribution < -0.4 is 5.11 Å². The van der Waals surface area contributed by atoms with Gasteiger partial charge in [0.1, 0.15) is 4.90 Å². The molecule has 0 saturated carbocycles. The smallest absolute Gasteiger partial charge is 0.378 e. The lowest BCUT2D eigenvalue weighted by molar-refractivity contribution is -0.264. The Hall–Kier alpha value is -2.21. The summed E-state index contributed by atoms with van der Waals surface area (Å²) in [5.41, 5.74) is -0.155. The molecule has 0 aliphatic carbocycles. The minimum atomic E-state index is -4.01. The highest BCUT2D eigenvalue weighted by Gasteiger charge is 2.20. The van der Waals surface area contributed by atoms with Gasteiger partial charge in [0.2, 0.25) is 5.39 Å². The highest BCUT2D eigenvalue weighted by Crippen LogP contribution is 2.35. The van der Waals surface area contributed by atoms with Crippen molar-refractivity contribution in [3.8, 4) is 5.75 Å². The van der Waals surface area contributed by atoms with Crippen molar-refractivity contribution in [3.63, 3.8) is 0 Å². The average molecular weight is 308 g/mol. The van der Waals surface area contributed by atoms with Gasteiger partial charge in [-0.15, -0.1) is 0 Å². The van der Waals surface area contributed by atoms with E-state index in [0.717, 1.165) is 0 Å². The van der Waals surface area contributed by atoms with Gasteiger partial charge in [-0.3, -0.25) is 4.18 Å². The van der Waals surface area contributed by atoms with Gasteiger partial charge in [0.05, 0.1) is 13.2 Å². The van der Waals surface area contributed by atoms with Crippen LogP contribution in [0.2, 0.25) is 0 Å². The van der Waals surface area contributed by atoms with Crippen molar-refractivity contribution in [2.45, 2.75) is 4.90 Å². The summed E-state index contributed by atoms with van der Waals surface area (Å²) in [4.78, 5) is 2.75. The second-order valence-corrected chi connectivity index (χ2v) is 5.72. The maximum absolute atomic E-state index is 12.1. The van der Waals surface area contributed by atoms with Gasteiger partial charge in [0.25, 0.3) is 10.1 Å². The zero-order valence-electron chi connectivity index (χ0n) is 11.1. The minimum Gasteiger partial charge on any atom is -0.867 e. The first-order valence-corrected chi connectivity index (χ1v) is 7.38. The van der Waals surface area contributed by atoms with Gasteiger partial charge >= 0.3 is 5.69 Å². The van der Waals surface area contributed by atoms with E-state index in [4.69, 9.17) is 14.3 Å². The van der Waals surface area contributed by atoms with E-state index in [1.165, 1.54) is 37.4 Å². The third kappa shape index (κ3) is 2.95. The van der Waals surface area contributed by atoms with Crippen LogP contribution in [0.5, 0.6) is 5.75 Å². The van der Waals surface area contributed by atoms with Gasteiger partial charge in [-0.25, -0.2) is 0 Å². The van der Waals surface area contributed by atoms with Crippen LogP contribution in [0.3, 0.4) is 0 Å². The fourth-order valence-corrected chi connectivity index (χ4v) is 2.98. The van der Waals surface area contributed by atoms with Gasteiger partial charge in [-0.1, -0.05) is 12.1 Å². The van der Waals surface area contributed by atoms with Crippen LogP contribution in [0.4, 0.5) is 5.69 Å². The molecular weight excluding hydrogens is 296 g/mol. The molecule has 0 amide bonds. The summed E-state index contributed by atoms with van der Waals surface area (Å²) in [7, 11) is -2.58. The maximum atomic E-state index is 12.1. The van der Waals surface area contributed by atoms with Crippen LogP contribution >= 0.6 is 0 Å². The molecular formula is C13H12N2O5S. The standard InChI is InChI=1S/C13H12N2O5S/c1-19-7-8-20-21(17,18)12-4-2-3-10-9(12)5-6-11(15-14)13(10)16/h2-6H,7-8H2,1H3. The highest BCUT2D eigenvalue weighted by molar-refractivity contribution is 7.87. The minimum absolute atomic E-state index is 0.113. The van der Waals surface area contributed by atoms with Crippen LogP contribution in [-0.2, 0) is 19.0 Å². The summed E-state index contributed by atoms with van der Waals surface area (Å²) >= 11 is 0. The number of diazo groups is 1. The topological polar surface area (TPSA) is 104 Å². The second-order valence-electron chi connectivity index (χ2n) is 4.13. The number of methoxy groups -OCH3 is 1. The van der Waals surface area contributed by atoms with Crippen LogP contribution in [-0.4, -0.2) is 28.7 Å². The SMILES string of the molecule is COCCOS(=O)(=O)c1cccc2c([O-])c([N+]#N)ccc12. The second kappa shape index (κ2) is 6.05. The Bertz CT molecular complexity index is 811. The lowest BCUT2D eigenvalue weighted by atomic mass is 10.1. The van der Waals surface area contributed by atoms with Gasteiger partial charge < -0.3 is 9.84 Å². The molecule has 0 bridgehead atoms. The number of ether oxygens (including phenoxy) is 1.